The third-order valence-electron chi connectivity index (χ3n) is 3.34. The van der Waals surface area contributed by atoms with Gasteiger partial charge >= 0.3 is 0 Å². The molecule has 6 heteroatoms. The molecule has 0 saturated heterocycles. The summed E-state index contributed by atoms with van der Waals surface area (Å²) in [5.74, 6) is 1.50. The van der Waals surface area contributed by atoms with Gasteiger partial charge in [-0.05, 0) is 12.1 Å². The Bertz CT molecular complexity index is 846. The Balaban J connectivity index is 1.44. The first-order valence-electron chi connectivity index (χ1n) is 7.08. The molecule has 0 bridgehead atoms. The standard InChI is InChI=1S/C17H13N3O2S/c1-2-4-12(5-3-1)14-9-23-17(20-14)19-10-18-13-6-7-15-16(8-13)22-11-21-15/h1-10H,11H2,(H,18,19,20). The summed E-state index contributed by atoms with van der Waals surface area (Å²) in [7, 11) is 0. The maximum absolute atomic E-state index is 5.34. The normalized spacial score (nSPS) is 12.7. The van der Waals surface area contributed by atoms with Crippen LogP contribution in [0.3, 0.4) is 0 Å². The molecule has 5 nitrogen and oxygen atoms in total. The molecular weight excluding hydrogens is 310 g/mol. The fourth-order valence-electron chi connectivity index (χ4n) is 2.21. The average molecular weight is 323 g/mol. The fourth-order valence-corrected chi connectivity index (χ4v) is 2.88. The second-order valence-electron chi connectivity index (χ2n) is 4.85. The van der Waals surface area contributed by atoms with Gasteiger partial charge in [-0.3, -0.25) is 0 Å². The molecule has 0 atom stereocenters. The van der Waals surface area contributed by atoms with E-state index in [1.54, 1.807) is 6.34 Å². The number of thiazole rings is 1. The minimum absolute atomic E-state index is 0.272. The largest absolute Gasteiger partial charge is 0.454 e. The molecule has 2 heterocycles. The van der Waals surface area contributed by atoms with Gasteiger partial charge in [0.2, 0.25) is 11.9 Å². The molecule has 0 radical (unpaired) electrons. The van der Waals surface area contributed by atoms with E-state index in [0.717, 1.165) is 28.4 Å². The zero-order valence-corrected chi connectivity index (χ0v) is 12.9. The molecule has 1 N–H and O–H groups in total. The Morgan fingerprint density at radius 1 is 1.09 bits per heavy atom. The summed E-state index contributed by atoms with van der Waals surface area (Å²) >= 11 is 1.51. The van der Waals surface area contributed by atoms with Gasteiger partial charge in [-0.1, -0.05) is 30.3 Å². The summed E-state index contributed by atoms with van der Waals surface area (Å²) in [4.78, 5) is 8.85. The summed E-state index contributed by atoms with van der Waals surface area (Å²) in [6, 6.07) is 15.7. The highest BCUT2D eigenvalue weighted by Gasteiger charge is 2.12. The van der Waals surface area contributed by atoms with Crippen molar-refractivity contribution in [2.45, 2.75) is 0 Å². The van der Waals surface area contributed by atoms with E-state index in [2.05, 4.69) is 15.3 Å². The Morgan fingerprint density at radius 3 is 2.87 bits per heavy atom. The van der Waals surface area contributed by atoms with Gasteiger partial charge in [-0.25, -0.2) is 9.98 Å². The SMILES string of the molecule is C(=N\c1nc(-c2ccccc2)cs1)/Nc1ccc2c(c1)OCO2. The van der Waals surface area contributed by atoms with Gasteiger partial charge in [0.1, 0.15) is 0 Å². The van der Waals surface area contributed by atoms with Crippen LogP contribution in [0.2, 0.25) is 0 Å². The number of nitrogens with one attached hydrogen (secondary N) is 1. The number of aliphatic imine (C=N–C) groups is 1. The van der Waals surface area contributed by atoms with Crippen molar-refractivity contribution in [2.75, 3.05) is 12.1 Å². The number of nitrogens with zero attached hydrogens (tertiary/aromatic N) is 2. The molecule has 0 amide bonds. The van der Waals surface area contributed by atoms with Gasteiger partial charge in [0.15, 0.2) is 11.5 Å². The average Bonchev–Trinajstić information content (AvgIpc) is 3.24. The van der Waals surface area contributed by atoms with Crippen molar-refractivity contribution in [2.24, 2.45) is 4.99 Å². The number of ether oxygens (including phenoxy) is 2. The lowest BCUT2D eigenvalue weighted by atomic mass is 10.2. The molecule has 1 aromatic heterocycles. The number of rotatable bonds is 4. The van der Waals surface area contributed by atoms with Gasteiger partial charge < -0.3 is 14.8 Å². The Labute approximate surface area is 137 Å². The molecule has 0 aliphatic carbocycles. The number of hydrogen-bond donors (Lipinski definition) is 1. The summed E-state index contributed by atoms with van der Waals surface area (Å²) in [5.41, 5.74) is 2.91. The molecule has 0 spiro atoms. The Hall–Kier alpha value is -2.86. The van der Waals surface area contributed by atoms with E-state index in [-0.39, 0.29) is 6.79 Å². The predicted octanol–water partition coefficient (Wildman–Crippen LogP) is 4.31. The number of anilines is 1. The van der Waals surface area contributed by atoms with Crippen molar-refractivity contribution >= 4 is 28.5 Å². The fraction of sp³-hybridized carbons (Fsp3) is 0.0588. The van der Waals surface area contributed by atoms with E-state index in [4.69, 9.17) is 9.47 Å². The molecular formula is C17H13N3O2S. The Morgan fingerprint density at radius 2 is 1.96 bits per heavy atom. The lowest BCUT2D eigenvalue weighted by Crippen LogP contribution is -1.94. The smallest absolute Gasteiger partial charge is 0.231 e. The number of fused-ring (bicyclic) bond motifs is 1. The van der Waals surface area contributed by atoms with Crippen molar-refractivity contribution in [1.82, 2.24) is 4.98 Å². The van der Waals surface area contributed by atoms with Crippen LogP contribution in [0.1, 0.15) is 0 Å². The van der Waals surface area contributed by atoms with Crippen molar-refractivity contribution < 1.29 is 9.47 Å². The first-order chi connectivity index (χ1) is 11.4. The highest BCUT2D eigenvalue weighted by molar-refractivity contribution is 7.13. The maximum Gasteiger partial charge on any atom is 0.231 e. The van der Waals surface area contributed by atoms with Gasteiger partial charge in [-0.2, -0.15) is 0 Å². The van der Waals surface area contributed by atoms with Crippen molar-refractivity contribution in [1.29, 1.82) is 0 Å². The molecule has 2 aromatic carbocycles. The summed E-state index contributed by atoms with van der Waals surface area (Å²) in [6.07, 6.45) is 1.63. The molecule has 1 aliphatic rings. The van der Waals surface area contributed by atoms with E-state index in [9.17, 15) is 0 Å². The molecule has 0 saturated carbocycles. The van der Waals surface area contributed by atoms with Crippen LogP contribution in [-0.4, -0.2) is 18.1 Å². The summed E-state index contributed by atoms with van der Waals surface area (Å²) < 4.78 is 10.6. The Kier molecular flexibility index (Phi) is 3.65. The van der Waals surface area contributed by atoms with Crippen LogP contribution < -0.4 is 14.8 Å². The molecule has 23 heavy (non-hydrogen) atoms. The van der Waals surface area contributed by atoms with Gasteiger partial charge in [0, 0.05) is 22.7 Å². The molecule has 4 rings (SSSR count). The molecule has 114 valence electrons. The second-order valence-corrected chi connectivity index (χ2v) is 5.69. The van der Waals surface area contributed by atoms with E-state index in [1.165, 1.54) is 11.3 Å². The minimum Gasteiger partial charge on any atom is -0.454 e. The first kappa shape index (κ1) is 13.8. The topological polar surface area (TPSA) is 55.7 Å². The summed E-state index contributed by atoms with van der Waals surface area (Å²) in [6.45, 7) is 0.272. The predicted molar refractivity (Wildman–Crippen MR) is 91.9 cm³/mol. The van der Waals surface area contributed by atoms with Crippen molar-refractivity contribution in [3.05, 3.63) is 53.9 Å². The van der Waals surface area contributed by atoms with E-state index in [1.807, 2.05) is 53.9 Å². The molecule has 0 fully saturated rings. The molecule has 3 aromatic rings. The third-order valence-corrected chi connectivity index (χ3v) is 4.09. The molecule has 0 unspecified atom stereocenters. The van der Waals surface area contributed by atoms with Crippen LogP contribution in [0.25, 0.3) is 11.3 Å². The summed E-state index contributed by atoms with van der Waals surface area (Å²) in [5, 5.41) is 5.82. The van der Waals surface area contributed by atoms with Gasteiger partial charge in [0.25, 0.3) is 0 Å². The lowest BCUT2D eigenvalue weighted by Gasteiger charge is -2.01. The number of aromatic nitrogens is 1. The minimum atomic E-state index is 0.272. The van der Waals surface area contributed by atoms with Crippen LogP contribution in [0, 0.1) is 0 Å². The van der Waals surface area contributed by atoms with Crippen molar-refractivity contribution in [3.8, 4) is 22.8 Å². The highest BCUT2D eigenvalue weighted by atomic mass is 32.1. The van der Waals surface area contributed by atoms with Crippen LogP contribution in [-0.2, 0) is 0 Å². The van der Waals surface area contributed by atoms with E-state index in [0.29, 0.717) is 5.13 Å². The second kappa shape index (κ2) is 6.10. The monoisotopic (exact) mass is 323 g/mol. The van der Waals surface area contributed by atoms with Crippen LogP contribution in [0.15, 0.2) is 58.9 Å². The van der Waals surface area contributed by atoms with E-state index >= 15 is 0 Å². The number of hydrogen-bond acceptors (Lipinski definition) is 5. The van der Waals surface area contributed by atoms with Crippen molar-refractivity contribution in [3.63, 3.8) is 0 Å². The lowest BCUT2D eigenvalue weighted by molar-refractivity contribution is 0.174. The quantitative estimate of drug-likeness (QED) is 0.574. The highest BCUT2D eigenvalue weighted by Crippen LogP contribution is 2.34. The van der Waals surface area contributed by atoms with Crippen LogP contribution in [0.5, 0.6) is 11.5 Å². The van der Waals surface area contributed by atoms with E-state index < -0.39 is 0 Å². The van der Waals surface area contributed by atoms with Gasteiger partial charge in [0.05, 0.1) is 12.0 Å². The van der Waals surface area contributed by atoms with Crippen LogP contribution >= 0.6 is 11.3 Å². The number of benzene rings is 2. The maximum atomic E-state index is 5.34. The first-order valence-corrected chi connectivity index (χ1v) is 7.96. The third kappa shape index (κ3) is 3.02. The zero-order chi connectivity index (χ0) is 15.5. The van der Waals surface area contributed by atoms with Crippen LogP contribution in [0.4, 0.5) is 10.8 Å². The zero-order valence-electron chi connectivity index (χ0n) is 12.1. The van der Waals surface area contributed by atoms with Gasteiger partial charge in [-0.15, -0.1) is 11.3 Å². The molecule has 1 aliphatic heterocycles.